The molecule has 88 valence electrons. The van der Waals surface area contributed by atoms with E-state index in [1.54, 1.807) is 18.2 Å². The van der Waals surface area contributed by atoms with Gasteiger partial charge in [-0.15, -0.1) is 11.3 Å². The first-order chi connectivity index (χ1) is 7.99. The lowest BCUT2D eigenvalue weighted by Gasteiger charge is -2.01. The molecule has 1 heterocycles. The third-order valence-electron chi connectivity index (χ3n) is 2.15. The van der Waals surface area contributed by atoms with Crippen LogP contribution in [0.15, 0.2) is 28.7 Å². The number of nitrogen functional groups attached to an aromatic ring is 1. The summed E-state index contributed by atoms with van der Waals surface area (Å²) >= 11 is 10.4. The number of hydrogen-bond donors (Lipinski definition) is 2. The standard InChI is InChI=1S/C11H7BrClNO2S/c12-7-3-5(13)1-2-6(7)9-4-8(14)10(17-9)11(15)16/h1-4H,14H2,(H,15,16). The average Bonchev–Trinajstić information content (AvgIpc) is 2.60. The Morgan fingerprint density at radius 1 is 1.41 bits per heavy atom. The lowest BCUT2D eigenvalue weighted by Crippen LogP contribution is -1.96. The molecular weight excluding hydrogens is 326 g/mol. The van der Waals surface area contributed by atoms with Crippen LogP contribution < -0.4 is 5.73 Å². The quantitative estimate of drug-likeness (QED) is 0.870. The molecule has 1 aromatic heterocycles. The van der Waals surface area contributed by atoms with E-state index in [0.717, 1.165) is 26.3 Å². The Morgan fingerprint density at radius 2 is 2.12 bits per heavy atom. The third-order valence-corrected chi connectivity index (χ3v) is 4.21. The topological polar surface area (TPSA) is 63.3 Å². The van der Waals surface area contributed by atoms with Gasteiger partial charge in [-0.2, -0.15) is 0 Å². The van der Waals surface area contributed by atoms with Crippen LogP contribution in [0, 0.1) is 0 Å². The average molecular weight is 333 g/mol. The van der Waals surface area contributed by atoms with E-state index in [9.17, 15) is 4.79 Å². The van der Waals surface area contributed by atoms with Gasteiger partial charge in [0.1, 0.15) is 4.88 Å². The first kappa shape index (κ1) is 12.4. The predicted octanol–water partition coefficient (Wildman–Crippen LogP) is 4.11. The van der Waals surface area contributed by atoms with E-state index in [1.807, 2.05) is 6.07 Å². The highest BCUT2D eigenvalue weighted by Crippen LogP contribution is 2.37. The molecule has 17 heavy (non-hydrogen) atoms. The van der Waals surface area contributed by atoms with E-state index in [1.165, 1.54) is 0 Å². The third kappa shape index (κ3) is 2.46. The molecule has 0 radical (unpaired) electrons. The largest absolute Gasteiger partial charge is 0.477 e. The van der Waals surface area contributed by atoms with Crippen molar-refractivity contribution in [2.75, 3.05) is 5.73 Å². The maximum atomic E-state index is 10.9. The smallest absolute Gasteiger partial charge is 0.348 e. The highest BCUT2D eigenvalue weighted by atomic mass is 79.9. The summed E-state index contributed by atoms with van der Waals surface area (Å²) in [5.74, 6) is -1.01. The minimum absolute atomic E-state index is 0.154. The fraction of sp³-hybridized carbons (Fsp3) is 0. The van der Waals surface area contributed by atoms with Crippen molar-refractivity contribution in [1.82, 2.24) is 0 Å². The van der Waals surface area contributed by atoms with Crippen LogP contribution in [0.3, 0.4) is 0 Å². The second-order valence-corrected chi connectivity index (χ2v) is 5.67. The predicted molar refractivity (Wildman–Crippen MR) is 73.8 cm³/mol. The first-order valence-corrected chi connectivity index (χ1v) is 6.56. The van der Waals surface area contributed by atoms with Crippen molar-refractivity contribution < 1.29 is 9.90 Å². The fourth-order valence-electron chi connectivity index (χ4n) is 1.39. The lowest BCUT2D eigenvalue weighted by atomic mass is 10.2. The molecule has 0 saturated carbocycles. The van der Waals surface area contributed by atoms with Gasteiger partial charge in [0.05, 0.1) is 5.69 Å². The number of carbonyl (C=O) groups is 1. The van der Waals surface area contributed by atoms with Gasteiger partial charge >= 0.3 is 5.97 Å². The van der Waals surface area contributed by atoms with Crippen LogP contribution in [0.1, 0.15) is 9.67 Å². The molecule has 1 aromatic carbocycles. The van der Waals surface area contributed by atoms with Crippen molar-refractivity contribution >= 4 is 50.5 Å². The minimum atomic E-state index is -1.01. The molecule has 0 aliphatic rings. The van der Waals surface area contributed by atoms with Gasteiger partial charge in [0.15, 0.2) is 0 Å². The summed E-state index contributed by atoms with van der Waals surface area (Å²) in [7, 11) is 0. The van der Waals surface area contributed by atoms with Crippen LogP contribution in [-0.4, -0.2) is 11.1 Å². The second-order valence-electron chi connectivity index (χ2n) is 3.32. The molecule has 0 atom stereocenters. The van der Waals surface area contributed by atoms with Crippen molar-refractivity contribution in [2.45, 2.75) is 0 Å². The van der Waals surface area contributed by atoms with Crippen LogP contribution in [-0.2, 0) is 0 Å². The van der Waals surface area contributed by atoms with Gasteiger partial charge in [-0.3, -0.25) is 0 Å². The highest BCUT2D eigenvalue weighted by molar-refractivity contribution is 9.10. The van der Waals surface area contributed by atoms with Crippen LogP contribution in [0.5, 0.6) is 0 Å². The number of rotatable bonds is 2. The zero-order valence-corrected chi connectivity index (χ0v) is 11.6. The zero-order chi connectivity index (χ0) is 12.6. The monoisotopic (exact) mass is 331 g/mol. The summed E-state index contributed by atoms with van der Waals surface area (Å²) in [6.45, 7) is 0. The van der Waals surface area contributed by atoms with Gasteiger partial charge in [-0.25, -0.2) is 4.79 Å². The molecule has 6 heteroatoms. The molecule has 0 aliphatic carbocycles. The number of hydrogen-bond acceptors (Lipinski definition) is 3. The van der Waals surface area contributed by atoms with Gasteiger partial charge < -0.3 is 10.8 Å². The van der Waals surface area contributed by atoms with Crippen molar-refractivity contribution in [3.05, 3.63) is 38.6 Å². The summed E-state index contributed by atoms with van der Waals surface area (Å²) in [4.78, 5) is 11.9. The Hall–Kier alpha value is -1.04. The molecular formula is C11H7BrClNO2S. The lowest BCUT2D eigenvalue weighted by molar-refractivity contribution is 0.0703. The molecule has 0 aliphatic heterocycles. The Kier molecular flexibility index (Phi) is 3.42. The van der Waals surface area contributed by atoms with Crippen molar-refractivity contribution in [3.8, 4) is 10.4 Å². The number of nitrogens with two attached hydrogens (primary N) is 1. The van der Waals surface area contributed by atoms with E-state index in [4.69, 9.17) is 22.4 Å². The Morgan fingerprint density at radius 3 is 2.65 bits per heavy atom. The second kappa shape index (κ2) is 4.68. The SMILES string of the molecule is Nc1cc(-c2ccc(Cl)cc2Br)sc1C(=O)O. The maximum absolute atomic E-state index is 10.9. The minimum Gasteiger partial charge on any atom is -0.477 e. The van der Waals surface area contributed by atoms with Crippen LogP contribution in [0.2, 0.25) is 5.02 Å². The number of benzene rings is 1. The van der Waals surface area contributed by atoms with Gasteiger partial charge in [0, 0.05) is 19.9 Å². The van der Waals surface area contributed by atoms with Crippen LogP contribution in [0.25, 0.3) is 10.4 Å². The summed E-state index contributed by atoms with van der Waals surface area (Å²) < 4.78 is 0.809. The normalized spacial score (nSPS) is 10.5. The highest BCUT2D eigenvalue weighted by Gasteiger charge is 2.15. The molecule has 3 nitrogen and oxygen atoms in total. The van der Waals surface area contributed by atoms with Crippen LogP contribution in [0.4, 0.5) is 5.69 Å². The number of carboxylic acid groups (broad SMARTS) is 1. The molecule has 0 saturated heterocycles. The molecule has 0 amide bonds. The molecule has 0 unspecified atom stereocenters. The summed E-state index contributed by atoms with van der Waals surface area (Å²) in [5, 5.41) is 9.55. The number of anilines is 1. The first-order valence-electron chi connectivity index (χ1n) is 4.57. The molecule has 2 aromatic rings. The van der Waals surface area contributed by atoms with Gasteiger partial charge in [0.25, 0.3) is 0 Å². The number of carboxylic acids is 1. The van der Waals surface area contributed by atoms with E-state index in [0.29, 0.717) is 5.02 Å². The van der Waals surface area contributed by atoms with E-state index < -0.39 is 5.97 Å². The molecule has 0 bridgehead atoms. The van der Waals surface area contributed by atoms with Gasteiger partial charge in [-0.1, -0.05) is 33.6 Å². The Labute approximate surface area is 115 Å². The summed E-state index contributed by atoms with van der Waals surface area (Å²) in [5.41, 5.74) is 6.80. The van der Waals surface area contributed by atoms with E-state index >= 15 is 0 Å². The number of thiophene rings is 1. The van der Waals surface area contributed by atoms with Crippen molar-refractivity contribution in [3.63, 3.8) is 0 Å². The van der Waals surface area contributed by atoms with Gasteiger partial charge in [0.2, 0.25) is 0 Å². The van der Waals surface area contributed by atoms with Crippen LogP contribution >= 0.6 is 38.9 Å². The maximum Gasteiger partial charge on any atom is 0.348 e. The zero-order valence-electron chi connectivity index (χ0n) is 8.41. The molecule has 0 spiro atoms. The number of halogens is 2. The Balaban J connectivity index is 2.53. The molecule has 2 rings (SSSR count). The molecule has 0 fully saturated rings. The molecule has 3 N–H and O–H groups in total. The number of aromatic carboxylic acids is 1. The van der Waals surface area contributed by atoms with E-state index in [2.05, 4.69) is 15.9 Å². The van der Waals surface area contributed by atoms with E-state index in [-0.39, 0.29) is 10.6 Å². The summed E-state index contributed by atoms with van der Waals surface area (Å²) in [6, 6.07) is 6.98. The fourth-order valence-corrected chi connectivity index (χ4v) is 3.38. The Bertz CT molecular complexity index is 597. The van der Waals surface area contributed by atoms with Crippen molar-refractivity contribution in [2.24, 2.45) is 0 Å². The summed E-state index contributed by atoms with van der Waals surface area (Å²) in [6.07, 6.45) is 0. The van der Waals surface area contributed by atoms with Crippen molar-refractivity contribution in [1.29, 1.82) is 0 Å². The van der Waals surface area contributed by atoms with Gasteiger partial charge in [-0.05, 0) is 18.2 Å².